The van der Waals surface area contributed by atoms with Crippen LogP contribution in [0.1, 0.15) is 63.9 Å². The van der Waals surface area contributed by atoms with Crippen molar-refractivity contribution in [3.05, 3.63) is 35.9 Å². The number of nitrogens with zero attached hydrogens (tertiary/aromatic N) is 1. The quantitative estimate of drug-likeness (QED) is 0.756. The number of amides is 1. The first-order valence-corrected chi connectivity index (χ1v) is 9.45. The largest absolute Gasteiger partial charge is 0.455 e. The molecule has 0 bridgehead atoms. The summed E-state index contributed by atoms with van der Waals surface area (Å²) < 4.78 is 5.31. The zero-order chi connectivity index (χ0) is 19.0. The Hall–Kier alpha value is -2.35. The summed E-state index contributed by atoms with van der Waals surface area (Å²) in [6.07, 6.45) is 5.08. The monoisotopic (exact) mass is 356 g/mol. The number of benzene rings is 1. The number of nitriles is 1. The number of esters is 1. The van der Waals surface area contributed by atoms with Crippen LogP contribution >= 0.6 is 0 Å². The van der Waals surface area contributed by atoms with Crippen molar-refractivity contribution in [1.29, 1.82) is 5.26 Å². The van der Waals surface area contributed by atoms with Gasteiger partial charge in [0.15, 0.2) is 6.61 Å². The Morgan fingerprint density at radius 3 is 2.46 bits per heavy atom. The Balaban J connectivity index is 1.97. The number of hydrogen-bond donors (Lipinski definition) is 1. The lowest BCUT2D eigenvalue weighted by molar-refractivity contribution is -0.151. The van der Waals surface area contributed by atoms with Gasteiger partial charge in [-0.2, -0.15) is 5.26 Å². The third-order valence-electron chi connectivity index (χ3n) is 5.27. The van der Waals surface area contributed by atoms with Crippen LogP contribution in [0.25, 0.3) is 0 Å². The SMILES string of the molecule is CC[C@@H](C)[C@@H](C(=O)OCC(=O)NC1(C#N)CCCCC1)c1ccccc1. The molecule has 0 saturated heterocycles. The van der Waals surface area contributed by atoms with Gasteiger partial charge >= 0.3 is 5.97 Å². The molecule has 1 N–H and O–H groups in total. The van der Waals surface area contributed by atoms with Crippen LogP contribution in [-0.4, -0.2) is 24.0 Å². The lowest BCUT2D eigenvalue weighted by atomic mass is 9.83. The van der Waals surface area contributed by atoms with E-state index in [1.807, 2.05) is 44.2 Å². The van der Waals surface area contributed by atoms with Crippen molar-refractivity contribution in [3.63, 3.8) is 0 Å². The van der Waals surface area contributed by atoms with Gasteiger partial charge in [-0.25, -0.2) is 0 Å². The summed E-state index contributed by atoms with van der Waals surface area (Å²) in [6.45, 7) is 3.69. The molecule has 0 spiro atoms. The third-order valence-corrected chi connectivity index (χ3v) is 5.27. The molecule has 0 unspecified atom stereocenters. The summed E-state index contributed by atoms with van der Waals surface area (Å²) in [5, 5.41) is 12.2. The molecule has 1 saturated carbocycles. The maximum absolute atomic E-state index is 12.6. The lowest BCUT2D eigenvalue weighted by Gasteiger charge is -2.31. The van der Waals surface area contributed by atoms with Crippen molar-refractivity contribution in [2.75, 3.05) is 6.61 Å². The average molecular weight is 356 g/mol. The molecule has 2 rings (SSSR count). The van der Waals surface area contributed by atoms with Crippen molar-refractivity contribution >= 4 is 11.9 Å². The molecule has 0 aromatic heterocycles. The summed E-state index contributed by atoms with van der Waals surface area (Å²) >= 11 is 0. The molecule has 0 aliphatic heterocycles. The highest BCUT2D eigenvalue weighted by Crippen LogP contribution is 2.29. The fraction of sp³-hybridized carbons (Fsp3) is 0.571. The van der Waals surface area contributed by atoms with E-state index >= 15 is 0 Å². The first-order valence-electron chi connectivity index (χ1n) is 9.45. The fourth-order valence-corrected chi connectivity index (χ4v) is 3.54. The highest BCUT2D eigenvalue weighted by molar-refractivity contribution is 5.84. The normalized spacial score (nSPS) is 18.2. The van der Waals surface area contributed by atoms with Crippen LogP contribution < -0.4 is 5.32 Å². The molecule has 5 nitrogen and oxygen atoms in total. The van der Waals surface area contributed by atoms with Crippen molar-refractivity contribution in [1.82, 2.24) is 5.32 Å². The molecule has 1 aliphatic carbocycles. The number of ether oxygens (including phenoxy) is 1. The van der Waals surface area contributed by atoms with Crippen LogP contribution in [0.15, 0.2) is 30.3 Å². The Morgan fingerprint density at radius 2 is 1.88 bits per heavy atom. The minimum Gasteiger partial charge on any atom is -0.455 e. The molecule has 1 aromatic rings. The highest BCUT2D eigenvalue weighted by atomic mass is 16.5. The first kappa shape index (κ1) is 20.0. The van der Waals surface area contributed by atoms with Crippen LogP contribution in [0, 0.1) is 17.2 Å². The van der Waals surface area contributed by atoms with Gasteiger partial charge < -0.3 is 10.1 Å². The topological polar surface area (TPSA) is 79.2 Å². The molecular weight excluding hydrogens is 328 g/mol. The summed E-state index contributed by atoms with van der Waals surface area (Å²) in [7, 11) is 0. The number of nitrogens with one attached hydrogen (secondary N) is 1. The summed E-state index contributed by atoms with van der Waals surface area (Å²) in [6, 6.07) is 11.7. The van der Waals surface area contributed by atoms with Gasteiger partial charge in [-0.3, -0.25) is 9.59 Å². The lowest BCUT2D eigenvalue weighted by Crippen LogP contribution is -2.50. The smallest absolute Gasteiger partial charge is 0.314 e. The first-order chi connectivity index (χ1) is 12.5. The highest BCUT2D eigenvalue weighted by Gasteiger charge is 2.34. The molecule has 1 amide bonds. The molecule has 0 radical (unpaired) electrons. The number of rotatable bonds is 7. The zero-order valence-corrected chi connectivity index (χ0v) is 15.7. The van der Waals surface area contributed by atoms with E-state index in [1.165, 1.54) is 0 Å². The molecule has 1 aromatic carbocycles. The van der Waals surface area contributed by atoms with E-state index in [0.29, 0.717) is 12.8 Å². The maximum atomic E-state index is 12.6. The van der Waals surface area contributed by atoms with Crippen LogP contribution in [0.5, 0.6) is 0 Å². The van der Waals surface area contributed by atoms with E-state index in [1.54, 1.807) is 0 Å². The van der Waals surface area contributed by atoms with Crippen LogP contribution in [-0.2, 0) is 14.3 Å². The minimum atomic E-state index is -0.808. The minimum absolute atomic E-state index is 0.108. The van der Waals surface area contributed by atoms with Gasteiger partial charge in [-0.1, -0.05) is 69.9 Å². The van der Waals surface area contributed by atoms with Gasteiger partial charge in [0, 0.05) is 0 Å². The Kier molecular flexibility index (Phi) is 7.20. The van der Waals surface area contributed by atoms with Crippen molar-refractivity contribution in [2.24, 2.45) is 5.92 Å². The van der Waals surface area contributed by atoms with E-state index in [2.05, 4.69) is 11.4 Å². The van der Waals surface area contributed by atoms with Crippen LogP contribution in [0.3, 0.4) is 0 Å². The number of carbonyl (C=O) groups excluding carboxylic acids is 2. The van der Waals surface area contributed by atoms with Gasteiger partial charge in [0.2, 0.25) is 0 Å². The molecule has 1 fully saturated rings. The van der Waals surface area contributed by atoms with Gasteiger partial charge in [0.1, 0.15) is 5.54 Å². The van der Waals surface area contributed by atoms with E-state index in [4.69, 9.17) is 4.74 Å². The van der Waals surface area contributed by atoms with Gasteiger partial charge in [-0.15, -0.1) is 0 Å². The maximum Gasteiger partial charge on any atom is 0.314 e. The summed E-state index contributed by atoms with van der Waals surface area (Å²) in [5.41, 5.74) is 0.0881. The fourth-order valence-electron chi connectivity index (χ4n) is 3.54. The molecule has 0 heterocycles. The molecule has 5 heteroatoms. The standard InChI is InChI=1S/C21H28N2O3/c1-3-16(2)19(17-10-6-4-7-11-17)20(25)26-14-18(24)23-21(15-22)12-8-5-9-13-21/h4,6-7,10-11,16,19H,3,5,8-9,12-14H2,1-2H3,(H,23,24)/t16-,19-/m1/s1. The van der Waals surface area contributed by atoms with Crippen LogP contribution in [0.4, 0.5) is 0 Å². The van der Waals surface area contributed by atoms with Gasteiger partial charge in [-0.05, 0) is 24.3 Å². The Bertz CT molecular complexity index is 645. The second-order valence-corrected chi connectivity index (χ2v) is 7.18. The predicted octanol–water partition coefficient (Wildman–Crippen LogP) is 3.70. The van der Waals surface area contributed by atoms with E-state index in [9.17, 15) is 14.9 Å². The Labute approximate surface area is 155 Å². The van der Waals surface area contributed by atoms with Crippen molar-refractivity contribution < 1.29 is 14.3 Å². The van der Waals surface area contributed by atoms with E-state index in [0.717, 1.165) is 31.2 Å². The summed E-state index contributed by atoms with van der Waals surface area (Å²) in [5.74, 6) is -1.08. The van der Waals surface area contributed by atoms with E-state index in [-0.39, 0.29) is 12.5 Å². The molecule has 26 heavy (non-hydrogen) atoms. The van der Waals surface area contributed by atoms with Gasteiger partial charge in [0.05, 0.1) is 12.0 Å². The Morgan fingerprint density at radius 1 is 1.23 bits per heavy atom. The average Bonchev–Trinajstić information content (AvgIpc) is 2.68. The zero-order valence-electron chi connectivity index (χ0n) is 15.7. The molecular formula is C21H28N2O3. The number of hydrogen-bond acceptors (Lipinski definition) is 4. The van der Waals surface area contributed by atoms with Crippen molar-refractivity contribution in [3.8, 4) is 6.07 Å². The van der Waals surface area contributed by atoms with E-state index < -0.39 is 23.3 Å². The second kappa shape index (κ2) is 9.38. The second-order valence-electron chi connectivity index (χ2n) is 7.18. The predicted molar refractivity (Wildman–Crippen MR) is 99.2 cm³/mol. The van der Waals surface area contributed by atoms with Crippen molar-refractivity contribution in [2.45, 2.75) is 63.8 Å². The molecule has 2 atom stereocenters. The molecule has 140 valence electrons. The number of carbonyl (C=O) groups is 2. The molecule has 1 aliphatic rings. The summed E-state index contributed by atoms with van der Waals surface area (Å²) in [4.78, 5) is 24.9. The van der Waals surface area contributed by atoms with Gasteiger partial charge in [0.25, 0.3) is 5.91 Å². The third kappa shape index (κ3) is 5.08. The van der Waals surface area contributed by atoms with Crippen LogP contribution in [0.2, 0.25) is 0 Å².